The highest BCUT2D eigenvalue weighted by Gasteiger charge is 2.15. The van der Waals surface area contributed by atoms with E-state index in [0.29, 0.717) is 0 Å². The summed E-state index contributed by atoms with van der Waals surface area (Å²) in [6.07, 6.45) is 0. The Morgan fingerprint density at radius 3 is 2.44 bits per heavy atom. The zero-order chi connectivity index (χ0) is 12.5. The molecule has 0 amide bonds. The van der Waals surface area contributed by atoms with E-state index in [-0.39, 0.29) is 0 Å². The highest BCUT2D eigenvalue weighted by Crippen LogP contribution is 2.26. The van der Waals surface area contributed by atoms with Crippen molar-refractivity contribution in [3.63, 3.8) is 0 Å². The molecular weight excluding hydrogens is 220 g/mol. The first-order valence-electron chi connectivity index (χ1n) is 6.37. The topological polar surface area (TPSA) is 15.3 Å². The summed E-state index contributed by atoms with van der Waals surface area (Å²) >= 11 is 0. The van der Waals surface area contributed by atoms with Gasteiger partial charge in [-0.25, -0.2) is 0 Å². The fourth-order valence-corrected chi connectivity index (χ4v) is 2.41. The molecule has 1 heterocycles. The first-order chi connectivity index (χ1) is 8.72. The molecule has 18 heavy (non-hydrogen) atoms. The second-order valence-corrected chi connectivity index (χ2v) is 5.03. The zero-order valence-corrected chi connectivity index (χ0v) is 10.9. The second-order valence-electron chi connectivity index (χ2n) is 5.03. The minimum Gasteiger partial charge on any atom is -0.367 e. The number of anilines is 2. The largest absolute Gasteiger partial charge is 0.367 e. The van der Waals surface area contributed by atoms with Crippen molar-refractivity contribution in [1.29, 1.82) is 0 Å². The molecule has 0 bridgehead atoms. The van der Waals surface area contributed by atoms with Crippen LogP contribution < -0.4 is 10.2 Å². The fraction of sp³-hybridized carbons (Fsp3) is 0.250. The van der Waals surface area contributed by atoms with Crippen molar-refractivity contribution in [2.75, 3.05) is 16.9 Å². The van der Waals surface area contributed by atoms with Crippen LogP contribution in [-0.2, 0) is 6.54 Å². The Morgan fingerprint density at radius 1 is 0.944 bits per heavy atom. The summed E-state index contributed by atoms with van der Waals surface area (Å²) in [6.45, 7) is 6.12. The van der Waals surface area contributed by atoms with Crippen LogP contribution in [0.4, 0.5) is 11.4 Å². The van der Waals surface area contributed by atoms with Gasteiger partial charge in [-0.15, -0.1) is 0 Å². The van der Waals surface area contributed by atoms with Crippen molar-refractivity contribution in [2.24, 2.45) is 0 Å². The number of benzene rings is 2. The van der Waals surface area contributed by atoms with E-state index in [0.717, 1.165) is 13.2 Å². The molecule has 2 aromatic carbocycles. The van der Waals surface area contributed by atoms with Crippen LogP contribution in [0.15, 0.2) is 42.5 Å². The molecule has 2 heteroatoms. The molecule has 0 unspecified atom stereocenters. The molecule has 1 N–H and O–H groups in total. The van der Waals surface area contributed by atoms with E-state index in [4.69, 9.17) is 0 Å². The quantitative estimate of drug-likeness (QED) is 0.815. The second kappa shape index (κ2) is 4.37. The molecule has 0 atom stereocenters. The third-order valence-electron chi connectivity index (χ3n) is 3.48. The summed E-state index contributed by atoms with van der Waals surface area (Å²) in [7, 11) is 0. The summed E-state index contributed by atoms with van der Waals surface area (Å²) in [5.74, 6) is 0. The molecule has 92 valence electrons. The number of fused-ring (bicyclic) bond motifs is 1. The maximum absolute atomic E-state index is 3.48. The van der Waals surface area contributed by atoms with Crippen molar-refractivity contribution in [3.05, 3.63) is 59.2 Å². The Labute approximate surface area is 108 Å². The average Bonchev–Trinajstić information content (AvgIpc) is 2.38. The van der Waals surface area contributed by atoms with Crippen LogP contribution in [0, 0.1) is 13.8 Å². The minimum atomic E-state index is 0.874. The Balaban J connectivity index is 1.88. The van der Waals surface area contributed by atoms with Gasteiger partial charge in [0.25, 0.3) is 0 Å². The monoisotopic (exact) mass is 238 g/mol. The van der Waals surface area contributed by atoms with E-state index in [9.17, 15) is 0 Å². The Hall–Kier alpha value is -1.96. The molecular formula is C16H18N2. The van der Waals surface area contributed by atoms with Crippen molar-refractivity contribution >= 4 is 11.4 Å². The van der Waals surface area contributed by atoms with E-state index in [1.165, 1.54) is 28.1 Å². The van der Waals surface area contributed by atoms with Gasteiger partial charge in [0.15, 0.2) is 0 Å². The first kappa shape index (κ1) is 11.1. The summed E-state index contributed by atoms with van der Waals surface area (Å²) in [4.78, 5) is 2.36. The lowest BCUT2D eigenvalue weighted by Crippen LogP contribution is -2.33. The highest BCUT2D eigenvalue weighted by molar-refractivity contribution is 5.60. The molecule has 1 aliphatic heterocycles. The van der Waals surface area contributed by atoms with E-state index < -0.39 is 0 Å². The predicted octanol–water partition coefficient (Wildman–Crippen LogP) is 3.69. The van der Waals surface area contributed by atoms with Gasteiger partial charge in [-0.1, -0.05) is 35.4 Å². The van der Waals surface area contributed by atoms with Gasteiger partial charge in [0.2, 0.25) is 0 Å². The zero-order valence-electron chi connectivity index (χ0n) is 10.9. The van der Waals surface area contributed by atoms with Gasteiger partial charge < -0.3 is 10.2 Å². The molecule has 3 rings (SSSR count). The Morgan fingerprint density at radius 2 is 1.67 bits per heavy atom. The van der Waals surface area contributed by atoms with Gasteiger partial charge in [-0.3, -0.25) is 0 Å². The van der Waals surface area contributed by atoms with Crippen LogP contribution in [0.2, 0.25) is 0 Å². The first-order valence-corrected chi connectivity index (χ1v) is 6.37. The van der Waals surface area contributed by atoms with Gasteiger partial charge in [0.05, 0.1) is 6.67 Å². The summed E-state index contributed by atoms with van der Waals surface area (Å²) in [6, 6.07) is 15.3. The van der Waals surface area contributed by atoms with Gasteiger partial charge in [-0.05, 0) is 37.6 Å². The lowest BCUT2D eigenvalue weighted by molar-refractivity contribution is 0.809. The third kappa shape index (κ3) is 2.06. The molecule has 2 aromatic rings. The van der Waals surface area contributed by atoms with Crippen molar-refractivity contribution in [1.82, 2.24) is 0 Å². The van der Waals surface area contributed by atoms with Crippen LogP contribution in [0.1, 0.15) is 16.7 Å². The van der Waals surface area contributed by atoms with Crippen molar-refractivity contribution < 1.29 is 0 Å². The standard InChI is InChI=1S/C16H18N2/c1-12-3-6-15(7-4-12)18-10-14-9-13(2)5-8-16(14)17-11-18/h3-9,17H,10-11H2,1-2H3. The normalized spacial score (nSPS) is 14.0. The highest BCUT2D eigenvalue weighted by atomic mass is 15.2. The van der Waals surface area contributed by atoms with Gasteiger partial charge in [0, 0.05) is 17.9 Å². The number of hydrogen-bond acceptors (Lipinski definition) is 2. The lowest BCUT2D eigenvalue weighted by atomic mass is 10.1. The molecule has 1 aliphatic rings. The van der Waals surface area contributed by atoms with Crippen molar-refractivity contribution in [2.45, 2.75) is 20.4 Å². The maximum atomic E-state index is 3.48. The van der Waals surface area contributed by atoms with Crippen LogP contribution in [-0.4, -0.2) is 6.67 Å². The molecule has 0 radical (unpaired) electrons. The third-order valence-corrected chi connectivity index (χ3v) is 3.48. The molecule has 2 nitrogen and oxygen atoms in total. The Bertz CT molecular complexity index is 558. The summed E-state index contributed by atoms with van der Waals surface area (Å²) < 4.78 is 0. The molecule has 0 aromatic heterocycles. The van der Waals surface area contributed by atoms with E-state index >= 15 is 0 Å². The van der Waals surface area contributed by atoms with Crippen LogP contribution in [0.5, 0.6) is 0 Å². The number of nitrogens with zero attached hydrogens (tertiary/aromatic N) is 1. The van der Waals surface area contributed by atoms with Gasteiger partial charge >= 0.3 is 0 Å². The minimum absolute atomic E-state index is 0.874. The summed E-state index contributed by atoms with van der Waals surface area (Å²) in [5, 5.41) is 3.48. The van der Waals surface area contributed by atoms with Crippen LogP contribution in [0.25, 0.3) is 0 Å². The van der Waals surface area contributed by atoms with E-state index in [1.807, 2.05) is 0 Å². The van der Waals surface area contributed by atoms with Crippen LogP contribution in [0.3, 0.4) is 0 Å². The number of rotatable bonds is 1. The number of hydrogen-bond donors (Lipinski definition) is 1. The number of nitrogens with one attached hydrogen (secondary N) is 1. The lowest BCUT2D eigenvalue weighted by Gasteiger charge is -2.32. The van der Waals surface area contributed by atoms with E-state index in [1.54, 1.807) is 0 Å². The summed E-state index contributed by atoms with van der Waals surface area (Å²) in [5.41, 5.74) is 6.55. The molecule has 0 spiro atoms. The van der Waals surface area contributed by atoms with Gasteiger partial charge in [-0.2, -0.15) is 0 Å². The molecule has 0 saturated heterocycles. The molecule has 0 aliphatic carbocycles. The Kier molecular flexibility index (Phi) is 2.71. The molecule has 0 saturated carbocycles. The SMILES string of the molecule is Cc1ccc(N2CNc3ccc(C)cc3C2)cc1. The average molecular weight is 238 g/mol. The van der Waals surface area contributed by atoms with Gasteiger partial charge in [0.1, 0.15) is 0 Å². The smallest absolute Gasteiger partial charge is 0.0880 e. The fourth-order valence-electron chi connectivity index (χ4n) is 2.41. The maximum Gasteiger partial charge on any atom is 0.0880 e. The van der Waals surface area contributed by atoms with E-state index in [2.05, 4.69) is 66.5 Å². The van der Waals surface area contributed by atoms with Crippen molar-refractivity contribution in [3.8, 4) is 0 Å². The molecule has 0 fully saturated rings. The number of aryl methyl sites for hydroxylation is 2. The van der Waals surface area contributed by atoms with Crippen LogP contribution >= 0.6 is 0 Å². The predicted molar refractivity (Wildman–Crippen MR) is 77.0 cm³/mol.